The summed E-state index contributed by atoms with van der Waals surface area (Å²) in [5, 5.41) is 4.09. The number of hydrogen-bond donors (Lipinski definition) is 1. The number of rotatable bonds is 5. The van der Waals surface area contributed by atoms with Crippen molar-refractivity contribution in [3.63, 3.8) is 0 Å². The van der Waals surface area contributed by atoms with Crippen molar-refractivity contribution in [1.82, 2.24) is 5.32 Å². The summed E-state index contributed by atoms with van der Waals surface area (Å²) in [5.74, 6) is 3.86. The van der Waals surface area contributed by atoms with Gasteiger partial charge in [-0.2, -0.15) is 23.5 Å². The van der Waals surface area contributed by atoms with E-state index >= 15 is 0 Å². The molecule has 0 bridgehead atoms. The number of nitrogens with one attached hydrogen (secondary N) is 1. The highest BCUT2D eigenvalue weighted by Gasteiger charge is 2.23. The molecule has 1 rings (SSSR count). The fraction of sp³-hybridized carbons (Fsp3) is 1.00. The highest BCUT2D eigenvalue weighted by Crippen LogP contribution is 2.26. The lowest BCUT2D eigenvalue weighted by Crippen LogP contribution is -2.43. The van der Waals surface area contributed by atoms with Crippen LogP contribution in [0.25, 0.3) is 0 Å². The molecule has 1 N–H and O–H groups in total. The van der Waals surface area contributed by atoms with Crippen LogP contribution in [0.15, 0.2) is 0 Å². The van der Waals surface area contributed by atoms with Crippen LogP contribution in [0.5, 0.6) is 0 Å². The molecular weight excluding hydrogens is 214 g/mol. The fourth-order valence-corrected chi connectivity index (χ4v) is 4.32. The molecule has 0 aromatic carbocycles. The van der Waals surface area contributed by atoms with Crippen LogP contribution in [-0.4, -0.2) is 48.3 Å². The predicted octanol–water partition coefficient (Wildman–Crippen LogP) is 1.85. The third-order valence-electron chi connectivity index (χ3n) is 2.27. The molecule has 2 nitrogen and oxygen atoms in total. The van der Waals surface area contributed by atoms with Gasteiger partial charge in [0.25, 0.3) is 0 Å². The second kappa shape index (κ2) is 6.99. The van der Waals surface area contributed by atoms with Gasteiger partial charge in [0.15, 0.2) is 0 Å². The van der Waals surface area contributed by atoms with Crippen LogP contribution < -0.4 is 5.32 Å². The maximum absolute atomic E-state index is 5.66. The first-order valence-electron chi connectivity index (χ1n) is 5.22. The summed E-state index contributed by atoms with van der Waals surface area (Å²) in [6, 6.07) is 0.509. The van der Waals surface area contributed by atoms with Crippen molar-refractivity contribution in [1.29, 1.82) is 0 Å². The van der Waals surface area contributed by atoms with Gasteiger partial charge >= 0.3 is 0 Å². The van der Waals surface area contributed by atoms with E-state index in [1.54, 1.807) is 0 Å². The van der Waals surface area contributed by atoms with Crippen molar-refractivity contribution in [2.24, 2.45) is 0 Å². The maximum atomic E-state index is 5.66. The monoisotopic (exact) mass is 235 g/mol. The van der Waals surface area contributed by atoms with Gasteiger partial charge in [-0.05, 0) is 20.9 Å². The molecule has 0 aromatic heterocycles. The van der Waals surface area contributed by atoms with Gasteiger partial charge in [0.1, 0.15) is 0 Å². The largest absolute Gasteiger partial charge is 0.377 e. The van der Waals surface area contributed by atoms with Crippen molar-refractivity contribution >= 4 is 23.5 Å². The van der Waals surface area contributed by atoms with Gasteiger partial charge in [0.2, 0.25) is 0 Å². The minimum absolute atomic E-state index is 0.340. The highest BCUT2D eigenvalue weighted by atomic mass is 32.2. The highest BCUT2D eigenvalue weighted by molar-refractivity contribution is 8.06. The van der Waals surface area contributed by atoms with Crippen LogP contribution in [0.3, 0.4) is 0 Å². The van der Waals surface area contributed by atoms with Crippen molar-refractivity contribution in [2.75, 3.05) is 30.9 Å². The van der Waals surface area contributed by atoms with Gasteiger partial charge in [-0.25, -0.2) is 0 Å². The second-order valence-corrected chi connectivity index (χ2v) is 6.26. The molecule has 0 radical (unpaired) electrons. The smallest absolute Gasteiger partial charge is 0.0634 e. The normalized spacial score (nSPS) is 25.3. The molecular formula is C10H21NOS2. The standard InChI is InChI=1S/C10H21NOS2/c1-8(2)12-6-9(11-3)10-7-13-4-5-14-10/h8-11H,4-7H2,1-3H3. The lowest BCUT2D eigenvalue weighted by Gasteiger charge is -2.29. The molecule has 0 aliphatic carbocycles. The first-order valence-corrected chi connectivity index (χ1v) is 7.42. The summed E-state index contributed by atoms with van der Waals surface area (Å²) in [6.07, 6.45) is 0.340. The van der Waals surface area contributed by atoms with Crippen molar-refractivity contribution in [2.45, 2.75) is 31.2 Å². The summed E-state index contributed by atoms with van der Waals surface area (Å²) < 4.78 is 5.66. The lowest BCUT2D eigenvalue weighted by atomic mass is 10.2. The van der Waals surface area contributed by atoms with E-state index in [1.165, 1.54) is 17.3 Å². The van der Waals surface area contributed by atoms with Crippen molar-refractivity contribution in [3.8, 4) is 0 Å². The molecule has 2 unspecified atom stereocenters. The van der Waals surface area contributed by atoms with Gasteiger partial charge in [-0.15, -0.1) is 0 Å². The summed E-state index contributed by atoms with van der Waals surface area (Å²) in [4.78, 5) is 0. The van der Waals surface area contributed by atoms with E-state index in [-0.39, 0.29) is 0 Å². The Kier molecular flexibility index (Phi) is 6.33. The van der Waals surface area contributed by atoms with E-state index in [9.17, 15) is 0 Å². The molecule has 14 heavy (non-hydrogen) atoms. The van der Waals surface area contributed by atoms with Crippen LogP contribution in [-0.2, 0) is 4.74 Å². The Morgan fingerprint density at radius 3 is 2.71 bits per heavy atom. The third-order valence-corrected chi connectivity index (χ3v) is 5.19. The predicted molar refractivity (Wildman–Crippen MR) is 67.5 cm³/mol. The zero-order valence-corrected chi connectivity index (χ0v) is 10.9. The third kappa shape index (κ3) is 4.43. The van der Waals surface area contributed by atoms with E-state index < -0.39 is 0 Å². The average Bonchev–Trinajstić information content (AvgIpc) is 2.20. The zero-order chi connectivity index (χ0) is 10.4. The summed E-state index contributed by atoms with van der Waals surface area (Å²) in [6.45, 7) is 5.03. The molecule has 0 aromatic rings. The van der Waals surface area contributed by atoms with Crippen molar-refractivity contribution in [3.05, 3.63) is 0 Å². The molecule has 1 saturated heterocycles. The molecule has 1 fully saturated rings. The van der Waals surface area contributed by atoms with Crippen LogP contribution in [0.4, 0.5) is 0 Å². The minimum atomic E-state index is 0.340. The molecule has 0 saturated carbocycles. The Morgan fingerprint density at radius 2 is 2.21 bits per heavy atom. The van der Waals surface area contributed by atoms with Crippen LogP contribution in [0.1, 0.15) is 13.8 Å². The van der Waals surface area contributed by atoms with E-state index in [0.29, 0.717) is 12.1 Å². The van der Waals surface area contributed by atoms with E-state index in [2.05, 4.69) is 42.7 Å². The topological polar surface area (TPSA) is 21.3 Å². The summed E-state index contributed by atoms with van der Waals surface area (Å²) in [7, 11) is 2.04. The molecule has 4 heteroatoms. The first kappa shape index (κ1) is 12.7. The van der Waals surface area contributed by atoms with Gasteiger partial charge in [-0.3, -0.25) is 0 Å². The number of hydrogen-bond acceptors (Lipinski definition) is 4. The van der Waals surface area contributed by atoms with Crippen LogP contribution in [0, 0.1) is 0 Å². The lowest BCUT2D eigenvalue weighted by molar-refractivity contribution is 0.0632. The van der Waals surface area contributed by atoms with E-state index in [1.807, 2.05) is 7.05 Å². The average molecular weight is 235 g/mol. The number of ether oxygens (including phenoxy) is 1. The Labute approximate surface area is 95.9 Å². The quantitative estimate of drug-likeness (QED) is 0.785. The molecule has 1 heterocycles. The zero-order valence-electron chi connectivity index (χ0n) is 9.29. The molecule has 84 valence electrons. The van der Waals surface area contributed by atoms with Crippen molar-refractivity contribution < 1.29 is 4.74 Å². The second-order valence-electron chi connectivity index (χ2n) is 3.76. The molecule has 0 spiro atoms. The Hall–Kier alpha value is 0.620. The first-order chi connectivity index (χ1) is 6.74. The summed E-state index contributed by atoms with van der Waals surface area (Å²) >= 11 is 4.15. The van der Waals surface area contributed by atoms with E-state index in [4.69, 9.17) is 4.74 Å². The Morgan fingerprint density at radius 1 is 1.43 bits per heavy atom. The minimum Gasteiger partial charge on any atom is -0.377 e. The Bertz CT molecular complexity index is 149. The van der Waals surface area contributed by atoms with Crippen LogP contribution >= 0.6 is 23.5 Å². The molecule has 1 aliphatic rings. The van der Waals surface area contributed by atoms with Gasteiger partial charge < -0.3 is 10.1 Å². The number of likely N-dealkylation sites (N-methyl/N-ethyl adjacent to an activating group) is 1. The van der Waals surface area contributed by atoms with E-state index in [0.717, 1.165) is 11.9 Å². The summed E-state index contributed by atoms with van der Waals surface area (Å²) in [5.41, 5.74) is 0. The molecule has 2 atom stereocenters. The van der Waals surface area contributed by atoms with Gasteiger partial charge in [0, 0.05) is 28.6 Å². The number of thioether (sulfide) groups is 2. The van der Waals surface area contributed by atoms with Gasteiger partial charge in [-0.1, -0.05) is 0 Å². The van der Waals surface area contributed by atoms with Crippen LogP contribution in [0.2, 0.25) is 0 Å². The molecule has 0 amide bonds. The Balaban J connectivity index is 2.28. The maximum Gasteiger partial charge on any atom is 0.0634 e. The molecule has 1 aliphatic heterocycles. The van der Waals surface area contributed by atoms with Gasteiger partial charge in [0.05, 0.1) is 12.7 Å². The SMILES string of the molecule is CNC(COC(C)C)C1CSCCS1. The fourth-order valence-electron chi connectivity index (χ4n) is 1.41.